The van der Waals surface area contributed by atoms with Crippen LogP contribution >= 0.6 is 0 Å². The smallest absolute Gasteiger partial charge is 0.378 e. The highest BCUT2D eigenvalue weighted by Crippen LogP contribution is 2.29. The second kappa shape index (κ2) is 8.01. The molecule has 1 aromatic carbocycles. The lowest BCUT2D eigenvalue weighted by Gasteiger charge is -2.29. The standard InChI is InChI=1S/C18H24F3NO2/c1-3-14(17(23)22-16-8-9-24-12(2)10-16)11-13-4-6-15(7-5-13)18(19,20)21/h4-7,12,14,16H,3,8-11H2,1-2H3,(H,22,23)/t12-,14+,16-/m0/s1. The van der Waals surface area contributed by atoms with Gasteiger partial charge in [0.1, 0.15) is 0 Å². The maximum atomic E-state index is 12.6. The normalized spacial score (nSPS) is 22.9. The number of hydrogen-bond donors (Lipinski definition) is 1. The number of rotatable bonds is 5. The summed E-state index contributed by atoms with van der Waals surface area (Å²) in [4.78, 5) is 12.4. The van der Waals surface area contributed by atoms with Gasteiger partial charge in [0.05, 0.1) is 11.7 Å². The Kier molecular flexibility index (Phi) is 6.27. The van der Waals surface area contributed by atoms with E-state index in [9.17, 15) is 18.0 Å². The number of nitrogens with one attached hydrogen (secondary N) is 1. The molecule has 3 nitrogen and oxygen atoms in total. The van der Waals surface area contributed by atoms with E-state index in [1.165, 1.54) is 12.1 Å². The van der Waals surface area contributed by atoms with Gasteiger partial charge in [0.2, 0.25) is 5.91 Å². The third kappa shape index (κ3) is 5.23. The summed E-state index contributed by atoms with van der Waals surface area (Å²) in [6, 6.07) is 5.16. The predicted molar refractivity (Wildman–Crippen MR) is 85.5 cm³/mol. The van der Waals surface area contributed by atoms with Crippen molar-refractivity contribution in [1.82, 2.24) is 5.32 Å². The topological polar surface area (TPSA) is 38.3 Å². The molecule has 134 valence electrons. The van der Waals surface area contributed by atoms with Crippen LogP contribution in [0.2, 0.25) is 0 Å². The molecule has 1 N–H and O–H groups in total. The van der Waals surface area contributed by atoms with E-state index >= 15 is 0 Å². The number of halogens is 3. The summed E-state index contributed by atoms with van der Waals surface area (Å²) in [6.07, 6.45) is -1.51. The van der Waals surface area contributed by atoms with Gasteiger partial charge < -0.3 is 10.1 Å². The van der Waals surface area contributed by atoms with Crippen LogP contribution in [0.1, 0.15) is 44.2 Å². The maximum absolute atomic E-state index is 12.6. The fourth-order valence-electron chi connectivity index (χ4n) is 2.98. The zero-order chi connectivity index (χ0) is 17.7. The fourth-order valence-corrected chi connectivity index (χ4v) is 2.98. The quantitative estimate of drug-likeness (QED) is 0.879. The highest BCUT2D eigenvalue weighted by Gasteiger charge is 2.30. The van der Waals surface area contributed by atoms with Crippen LogP contribution < -0.4 is 5.32 Å². The van der Waals surface area contributed by atoms with Crippen LogP contribution in [0.5, 0.6) is 0 Å². The first-order chi connectivity index (χ1) is 11.3. The zero-order valence-electron chi connectivity index (χ0n) is 14.0. The van der Waals surface area contributed by atoms with Crippen molar-refractivity contribution in [3.8, 4) is 0 Å². The molecular weight excluding hydrogens is 319 g/mol. The molecule has 1 aromatic rings. The lowest BCUT2D eigenvalue weighted by Crippen LogP contribution is -2.44. The van der Waals surface area contributed by atoms with Crippen molar-refractivity contribution in [3.63, 3.8) is 0 Å². The van der Waals surface area contributed by atoms with E-state index in [2.05, 4.69) is 5.32 Å². The van der Waals surface area contributed by atoms with Gasteiger partial charge in [0.25, 0.3) is 0 Å². The van der Waals surface area contributed by atoms with E-state index in [0.717, 1.165) is 30.5 Å². The third-order valence-corrected chi connectivity index (χ3v) is 4.46. The van der Waals surface area contributed by atoms with Gasteiger partial charge >= 0.3 is 6.18 Å². The Morgan fingerprint density at radius 1 is 1.33 bits per heavy atom. The monoisotopic (exact) mass is 343 g/mol. The Morgan fingerprint density at radius 3 is 2.54 bits per heavy atom. The van der Waals surface area contributed by atoms with Gasteiger partial charge in [-0.3, -0.25) is 4.79 Å². The molecule has 0 unspecified atom stereocenters. The Bertz CT molecular complexity index is 542. The number of amides is 1. The van der Waals surface area contributed by atoms with Crippen LogP contribution in [-0.4, -0.2) is 24.7 Å². The molecule has 0 spiro atoms. The predicted octanol–water partition coefficient (Wildman–Crippen LogP) is 3.96. The molecule has 3 atom stereocenters. The first kappa shape index (κ1) is 18.8. The highest BCUT2D eigenvalue weighted by molar-refractivity contribution is 5.79. The minimum Gasteiger partial charge on any atom is -0.378 e. The largest absolute Gasteiger partial charge is 0.416 e. The van der Waals surface area contributed by atoms with Crippen molar-refractivity contribution in [2.75, 3.05) is 6.61 Å². The number of carbonyl (C=O) groups is 1. The summed E-state index contributed by atoms with van der Waals surface area (Å²) in [5.41, 5.74) is 0.0743. The lowest BCUT2D eigenvalue weighted by atomic mass is 9.94. The Labute approximate surface area is 140 Å². The Morgan fingerprint density at radius 2 is 2.00 bits per heavy atom. The molecule has 2 rings (SSSR count). The third-order valence-electron chi connectivity index (χ3n) is 4.46. The number of alkyl halides is 3. The van der Waals surface area contributed by atoms with Crippen molar-refractivity contribution in [3.05, 3.63) is 35.4 Å². The van der Waals surface area contributed by atoms with Crippen LogP contribution in [0.4, 0.5) is 13.2 Å². The van der Waals surface area contributed by atoms with Gasteiger partial charge in [0, 0.05) is 18.6 Å². The Hall–Kier alpha value is -1.56. The van der Waals surface area contributed by atoms with Gasteiger partial charge in [-0.15, -0.1) is 0 Å². The van der Waals surface area contributed by atoms with Crippen molar-refractivity contribution in [2.45, 2.75) is 57.9 Å². The van der Waals surface area contributed by atoms with Crippen LogP contribution in [-0.2, 0) is 22.1 Å². The Balaban J connectivity index is 1.94. The van der Waals surface area contributed by atoms with Gasteiger partial charge in [-0.25, -0.2) is 0 Å². The van der Waals surface area contributed by atoms with Gasteiger partial charge in [-0.05, 0) is 50.3 Å². The molecule has 0 radical (unpaired) electrons. The van der Waals surface area contributed by atoms with Crippen molar-refractivity contribution < 1.29 is 22.7 Å². The van der Waals surface area contributed by atoms with Crippen LogP contribution in [0.25, 0.3) is 0 Å². The average Bonchev–Trinajstić information content (AvgIpc) is 2.52. The molecule has 24 heavy (non-hydrogen) atoms. The maximum Gasteiger partial charge on any atom is 0.416 e. The second-order valence-electron chi connectivity index (χ2n) is 6.42. The highest BCUT2D eigenvalue weighted by atomic mass is 19.4. The summed E-state index contributed by atoms with van der Waals surface area (Å²) in [6.45, 7) is 4.54. The molecule has 0 aliphatic carbocycles. The summed E-state index contributed by atoms with van der Waals surface area (Å²) < 4.78 is 43.3. The SMILES string of the molecule is CC[C@H](Cc1ccc(C(F)(F)F)cc1)C(=O)N[C@H]1CCO[C@@H](C)C1. The minimum atomic E-state index is -4.33. The number of benzene rings is 1. The van der Waals surface area contributed by atoms with Crippen molar-refractivity contribution in [1.29, 1.82) is 0 Å². The molecule has 1 heterocycles. The number of hydrogen-bond acceptors (Lipinski definition) is 2. The van der Waals surface area contributed by atoms with Gasteiger partial charge in [-0.1, -0.05) is 19.1 Å². The fraction of sp³-hybridized carbons (Fsp3) is 0.611. The molecule has 1 saturated heterocycles. The molecule has 0 saturated carbocycles. The summed E-state index contributed by atoms with van der Waals surface area (Å²) in [5.74, 6) is -0.267. The summed E-state index contributed by atoms with van der Waals surface area (Å²) >= 11 is 0. The van der Waals surface area contributed by atoms with E-state index in [1.807, 2.05) is 13.8 Å². The first-order valence-electron chi connectivity index (χ1n) is 8.37. The first-order valence-corrected chi connectivity index (χ1v) is 8.37. The molecule has 0 aromatic heterocycles. The average molecular weight is 343 g/mol. The summed E-state index contributed by atoms with van der Waals surface area (Å²) in [7, 11) is 0. The van der Waals surface area contributed by atoms with E-state index in [0.29, 0.717) is 19.4 Å². The lowest BCUT2D eigenvalue weighted by molar-refractivity contribution is -0.137. The van der Waals surface area contributed by atoms with E-state index in [4.69, 9.17) is 4.74 Å². The molecule has 0 bridgehead atoms. The van der Waals surface area contributed by atoms with Crippen molar-refractivity contribution >= 4 is 5.91 Å². The molecule has 1 fully saturated rings. The van der Waals surface area contributed by atoms with Gasteiger partial charge in [-0.2, -0.15) is 13.2 Å². The molecule has 1 amide bonds. The molecule has 1 aliphatic rings. The number of carbonyl (C=O) groups excluding carboxylic acids is 1. The van der Waals surface area contributed by atoms with E-state index < -0.39 is 11.7 Å². The van der Waals surface area contributed by atoms with E-state index in [-0.39, 0.29) is 24.0 Å². The zero-order valence-corrected chi connectivity index (χ0v) is 14.0. The van der Waals surface area contributed by atoms with Crippen molar-refractivity contribution in [2.24, 2.45) is 5.92 Å². The van der Waals surface area contributed by atoms with E-state index in [1.54, 1.807) is 0 Å². The van der Waals surface area contributed by atoms with Crippen LogP contribution in [0.15, 0.2) is 24.3 Å². The summed E-state index contributed by atoms with van der Waals surface area (Å²) in [5, 5.41) is 3.06. The number of ether oxygens (including phenoxy) is 1. The molecule has 1 aliphatic heterocycles. The van der Waals surface area contributed by atoms with Crippen LogP contribution in [0.3, 0.4) is 0 Å². The minimum absolute atomic E-state index is 0.0310. The molecular formula is C18H24F3NO2. The second-order valence-corrected chi connectivity index (χ2v) is 6.42. The van der Waals surface area contributed by atoms with Gasteiger partial charge in [0.15, 0.2) is 0 Å². The molecule has 6 heteroatoms. The van der Waals surface area contributed by atoms with Crippen LogP contribution in [0, 0.1) is 5.92 Å².